The first kappa shape index (κ1) is 11.1. The van der Waals surface area contributed by atoms with Gasteiger partial charge < -0.3 is 0 Å². The molecule has 0 bridgehead atoms. The van der Waals surface area contributed by atoms with Gasteiger partial charge in [0.2, 0.25) is 0 Å². The highest BCUT2D eigenvalue weighted by Crippen LogP contribution is 2.25. The number of rotatable bonds is 6. The summed E-state index contributed by atoms with van der Waals surface area (Å²) < 4.78 is 0. The number of ketones is 1. The van der Waals surface area contributed by atoms with Gasteiger partial charge in [-0.1, -0.05) is 6.92 Å². The van der Waals surface area contributed by atoms with E-state index in [2.05, 4.69) is 6.92 Å². The molecule has 0 spiro atoms. The fourth-order valence-electron chi connectivity index (χ4n) is 1.12. The van der Waals surface area contributed by atoms with Crippen molar-refractivity contribution in [3.05, 3.63) is 31.6 Å². The summed E-state index contributed by atoms with van der Waals surface area (Å²) >= 11 is 1.86. The molecule has 0 N–H and O–H groups in total. The van der Waals surface area contributed by atoms with Gasteiger partial charge in [0.1, 0.15) is 5.78 Å². The van der Waals surface area contributed by atoms with Crippen molar-refractivity contribution in [3.63, 3.8) is 0 Å². The normalized spacial score (nSPS) is 17.9. The number of Topliss-reactive ketones (excluding diaryl/α,β-unsaturated/α-hetero) is 1. The fraction of sp³-hybridized carbons (Fsp3) is 0.455. The first-order chi connectivity index (χ1) is 6.34. The second-order valence-electron chi connectivity index (χ2n) is 2.96. The zero-order valence-corrected chi connectivity index (χ0v) is 8.77. The van der Waals surface area contributed by atoms with Crippen LogP contribution in [-0.4, -0.2) is 17.3 Å². The average Bonchev–Trinajstić information content (AvgIpc) is 2.65. The van der Waals surface area contributed by atoms with E-state index < -0.39 is 0 Å². The summed E-state index contributed by atoms with van der Waals surface area (Å²) in [5.74, 6) is 3.25. The Morgan fingerprint density at radius 3 is 2.62 bits per heavy atom. The number of hydrogen-bond donors (Lipinski definition) is 0. The molecule has 0 amide bonds. The molecule has 2 heteroatoms. The quantitative estimate of drug-likeness (QED) is 0.606. The molecule has 13 heavy (non-hydrogen) atoms. The van der Waals surface area contributed by atoms with Gasteiger partial charge in [0.05, 0.1) is 0 Å². The van der Waals surface area contributed by atoms with Gasteiger partial charge in [-0.25, -0.2) is 0 Å². The van der Waals surface area contributed by atoms with Gasteiger partial charge in [-0.2, -0.15) is 11.8 Å². The van der Waals surface area contributed by atoms with E-state index in [0.29, 0.717) is 6.42 Å². The van der Waals surface area contributed by atoms with Gasteiger partial charge in [0.15, 0.2) is 0 Å². The summed E-state index contributed by atoms with van der Waals surface area (Å²) in [6.07, 6.45) is 9.45. The number of carbonyl (C=O) groups excluding carboxylic acids is 1. The Morgan fingerprint density at radius 2 is 2.00 bits per heavy atom. The van der Waals surface area contributed by atoms with Crippen LogP contribution in [0.2, 0.25) is 0 Å². The van der Waals surface area contributed by atoms with Crippen molar-refractivity contribution >= 4 is 17.5 Å². The van der Waals surface area contributed by atoms with Crippen molar-refractivity contribution < 1.29 is 4.79 Å². The SMILES string of the molecule is CCCSCCC(=O)[C]1[CH][CH][CH][CH]1. The molecule has 0 aromatic carbocycles. The standard InChI is InChI=1S/C11H15OS/c1-2-8-13-9-7-11(12)10-5-3-4-6-10/h3-6H,2,7-9H2,1H3. The molecule has 0 atom stereocenters. The van der Waals surface area contributed by atoms with Gasteiger partial charge in [-0.05, 0) is 37.9 Å². The van der Waals surface area contributed by atoms with Crippen LogP contribution in [0.15, 0.2) is 0 Å². The molecule has 1 nitrogen and oxygen atoms in total. The van der Waals surface area contributed by atoms with E-state index in [1.807, 2.05) is 37.4 Å². The smallest absolute Gasteiger partial charge is 0.141 e. The van der Waals surface area contributed by atoms with E-state index >= 15 is 0 Å². The highest BCUT2D eigenvalue weighted by molar-refractivity contribution is 7.99. The molecule has 1 fully saturated rings. The molecule has 0 aromatic rings. The van der Waals surface area contributed by atoms with Crippen LogP contribution >= 0.6 is 11.8 Å². The maximum atomic E-state index is 11.5. The van der Waals surface area contributed by atoms with E-state index in [0.717, 1.165) is 17.4 Å². The third-order valence-corrected chi connectivity index (χ3v) is 3.00. The van der Waals surface area contributed by atoms with Gasteiger partial charge in [0, 0.05) is 18.1 Å². The Balaban J connectivity index is 2.03. The van der Waals surface area contributed by atoms with Crippen molar-refractivity contribution in [3.8, 4) is 0 Å². The number of thioether (sulfide) groups is 1. The van der Waals surface area contributed by atoms with Crippen molar-refractivity contribution in [1.29, 1.82) is 0 Å². The van der Waals surface area contributed by atoms with Crippen LogP contribution in [0.4, 0.5) is 0 Å². The van der Waals surface area contributed by atoms with E-state index in [4.69, 9.17) is 0 Å². The molecule has 0 unspecified atom stereocenters. The van der Waals surface area contributed by atoms with Gasteiger partial charge in [0.25, 0.3) is 0 Å². The molecular weight excluding hydrogens is 180 g/mol. The first-order valence-electron chi connectivity index (χ1n) is 4.67. The lowest BCUT2D eigenvalue weighted by Crippen LogP contribution is -2.10. The van der Waals surface area contributed by atoms with E-state index in [1.165, 1.54) is 6.42 Å². The van der Waals surface area contributed by atoms with Crippen LogP contribution in [0, 0.1) is 31.6 Å². The average molecular weight is 195 g/mol. The Hall–Kier alpha value is 0.0200. The molecule has 1 aliphatic carbocycles. The fourth-order valence-corrected chi connectivity index (χ4v) is 1.94. The second kappa shape index (κ2) is 6.47. The molecule has 1 aliphatic rings. The van der Waals surface area contributed by atoms with Crippen molar-refractivity contribution in [2.75, 3.05) is 11.5 Å². The summed E-state index contributed by atoms with van der Waals surface area (Å²) in [4.78, 5) is 11.5. The Morgan fingerprint density at radius 1 is 1.31 bits per heavy atom. The molecule has 0 aliphatic heterocycles. The van der Waals surface area contributed by atoms with E-state index in [-0.39, 0.29) is 5.78 Å². The summed E-state index contributed by atoms with van der Waals surface area (Å²) in [7, 11) is 0. The zero-order chi connectivity index (χ0) is 9.52. The van der Waals surface area contributed by atoms with E-state index in [1.54, 1.807) is 0 Å². The second-order valence-corrected chi connectivity index (χ2v) is 4.18. The summed E-state index contributed by atoms with van der Waals surface area (Å²) in [5, 5.41) is 0. The van der Waals surface area contributed by atoms with E-state index in [9.17, 15) is 4.79 Å². The number of carbonyl (C=O) groups is 1. The van der Waals surface area contributed by atoms with Crippen molar-refractivity contribution in [1.82, 2.24) is 0 Å². The van der Waals surface area contributed by atoms with Crippen molar-refractivity contribution in [2.45, 2.75) is 19.8 Å². The minimum atomic E-state index is 0.272. The molecule has 71 valence electrons. The summed E-state index contributed by atoms with van der Waals surface area (Å²) in [5.41, 5.74) is 0. The lowest BCUT2D eigenvalue weighted by atomic mass is 10.0. The monoisotopic (exact) mass is 195 g/mol. The van der Waals surface area contributed by atoms with Gasteiger partial charge in [-0.3, -0.25) is 4.79 Å². The Bertz CT molecular complexity index is 150. The first-order valence-corrected chi connectivity index (χ1v) is 5.82. The van der Waals surface area contributed by atoms with Crippen LogP contribution in [0.25, 0.3) is 0 Å². The van der Waals surface area contributed by atoms with Crippen LogP contribution in [-0.2, 0) is 4.79 Å². The Kier molecular flexibility index (Phi) is 5.52. The van der Waals surface area contributed by atoms with Crippen LogP contribution < -0.4 is 0 Å². The highest BCUT2D eigenvalue weighted by Gasteiger charge is 2.23. The van der Waals surface area contributed by atoms with Crippen LogP contribution in [0.5, 0.6) is 0 Å². The third kappa shape index (κ3) is 4.17. The maximum absolute atomic E-state index is 11.5. The van der Waals surface area contributed by atoms with Crippen LogP contribution in [0.3, 0.4) is 0 Å². The van der Waals surface area contributed by atoms with Gasteiger partial charge >= 0.3 is 0 Å². The minimum absolute atomic E-state index is 0.272. The molecule has 1 rings (SSSR count). The molecule has 0 aromatic heterocycles. The molecule has 0 heterocycles. The Labute approximate surface area is 85.7 Å². The highest BCUT2D eigenvalue weighted by atomic mass is 32.2. The predicted molar refractivity (Wildman–Crippen MR) is 57.7 cm³/mol. The number of hydrogen-bond acceptors (Lipinski definition) is 2. The summed E-state index contributed by atoms with van der Waals surface area (Å²) in [6, 6.07) is 0. The zero-order valence-electron chi connectivity index (χ0n) is 7.95. The van der Waals surface area contributed by atoms with Crippen molar-refractivity contribution in [2.24, 2.45) is 0 Å². The largest absolute Gasteiger partial charge is 0.299 e. The molecule has 0 saturated heterocycles. The summed E-state index contributed by atoms with van der Waals surface area (Å²) in [6.45, 7) is 2.16. The molecule has 5 radical (unpaired) electrons. The lowest BCUT2D eigenvalue weighted by Gasteiger charge is -2.05. The topological polar surface area (TPSA) is 17.1 Å². The molecular formula is C11H15OS. The maximum Gasteiger partial charge on any atom is 0.141 e. The lowest BCUT2D eigenvalue weighted by molar-refractivity contribution is -0.116. The minimum Gasteiger partial charge on any atom is -0.299 e. The predicted octanol–water partition coefficient (Wildman–Crippen LogP) is 2.49. The third-order valence-electron chi connectivity index (χ3n) is 1.81. The molecule has 1 saturated carbocycles. The van der Waals surface area contributed by atoms with Gasteiger partial charge in [-0.15, -0.1) is 0 Å². The van der Waals surface area contributed by atoms with Crippen LogP contribution in [0.1, 0.15) is 19.8 Å².